The maximum atomic E-state index is 6.08. The summed E-state index contributed by atoms with van der Waals surface area (Å²) in [5.41, 5.74) is 1.21. The zero-order valence-electron chi connectivity index (χ0n) is 10.7. The smallest absolute Gasteiger partial charge is 0.122 e. The second-order valence-electron chi connectivity index (χ2n) is 4.45. The van der Waals surface area contributed by atoms with E-state index in [2.05, 4.69) is 36.7 Å². The Labute approximate surface area is 118 Å². The molecule has 0 radical (unpaired) electrons. The summed E-state index contributed by atoms with van der Waals surface area (Å²) in [5, 5.41) is 1.76. The molecule has 0 aliphatic carbocycles. The van der Waals surface area contributed by atoms with Crippen LogP contribution in [0, 0.1) is 5.92 Å². The van der Waals surface area contributed by atoms with Crippen LogP contribution in [0.25, 0.3) is 0 Å². The molecule has 1 aromatic rings. The Morgan fingerprint density at radius 3 is 2.65 bits per heavy atom. The lowest BCUT2D eigenvalue weighted by atomic mass is 9.89. The number of halogens is 2. The van der Waals surface area contributed by atoms with Crippen LogP contribution >= 0.6 is 27.5 Å². The van der Waals surface area contributed by atoms with Crippen LogP contribution in [0.4, 0.5) is 0 Å². The number of benzene rings is 1. The van der Waals surface area contributed by atoms with Gasteiger partial charge < -0.3 is 4.74 Å². The van der Waals surface area contributed by atoms with E-state index in [1.807, 2.05) is 18.2 Å². The van der Waals surface area contributed by atoms with Crippen molar-refractivity contribution in [1.82, 2.24) is 0 Å². The Hall–Kier alpha value is -0.210. The van der Waals surface area contributed by atoms with Gasteiger partial charge in [0.25, 0.3) is 0 Å². The summed E-state index contributed by atoms with van der Waals surface area (Å²) in [5.74, 6) is 1.95. The van der Waals surface area contributed by atoms with Gasteiger partial charge in [-0.25, -0.2) is 0 Å². The predicted molar refractivity (Wildman–Crippen MR) is 78.6 cm³/mol. The maximum Gasteiger partial charge on any atom is 0.122 e. The normalized spacial score (nSPS) is 14.4. The molecule has 3 heteroatoms. The number of hydrogen-bond donors (Lipinski definition) is 0. The average Bonchev–Trinajstić information content (AvgIpc) is 2.35. The van der Waals surface area contributed by atoms with E-state index in [1.165, 1.54) is 5.56 Å². The quantitative estimate of drug-likeness (QED) is 0.650. The van der Waals surface area contributed by atoms with Crippen LogP contribution < -0.4 is 4.74 Å². The molecule has 0 aliphatic heterocycles. The lowest BCUT2D eigenvalue weighted by Crippen LogP contribution is -2.10. The van der Waals surface area contributed by atoms with Gasteiger partial charge in [-0.1, -0.05) is 48.3 Å². The summed E-state index contributed by atoms with van der Waals surface area (Å²) < 4.78 is 5.78. The van der Waals surface area contributed by atoms with Crippen molar-refractivity contribution >= 4 is 27.5 Å². The first-order valence-electron chi connectivity index (χ1n) is 6.08. The predicted octanol–water partition coefficient (Wildman–Crippen LogP) is 5.26. The van der Waals surface area contributed by atoms with Crippen molar-refractivity contribution in [1.29, 1.82) is 0 Å². The van der Waals surface area contributed by atoms with E-state index in [0.29, 0.717) is 11.8 Å². The third-order valence-corrected chi connectivity index (χ3v) is 4.28. The van der Waals surface area contributed by atoms with Crippen molar-refractivity contribution in [3.05, 3.63) is 28.8 Å². The Bertz CT molecular complexity index is 354. The first-order valence-corrected chi connectivity index (χ1v) is 7.58. The molecule has 1 nitrogen and oxygen atoms in total. The molecule has 0 bridgehead atoms. The molecule has 2 atom stereocenters. The monoisotopic (exact) mass is 318 g/mol. The Morgan fingerprint density at radius 2 is 2.06 bits per heavy atom. The lowest BCUT2D eigenvalue weighted by Gasteiger charge is -2.21. The molecule has 0 saturated heterocycles. The van der Waals surface area contributed by atoms with E-state index in [9.17, 15) is 0 Å². The number of hydrogen-bond acceptors (Lipinski definition) is 1. The molecule has 0 saturated carbocycles. The van der Waals surface area contributed by atoms with Gasteiger partial charge in [-0.05, 0) is 42.0 Å². The van der Waals surface area contributed by atoms with Gasteiger partial charge in [-0.2, -0.15) is 0 Å². The molecule has 1 aromatic carbocycles. The van der Waals surface area contributed by atoms with E-state index < -0.39 is 0 Å². The van der Waals surface area contributed by atoms with Crippen molar-refractivity contribution in [2.45, 2.75) is 33.1 Å². The summed E-state index contributed by atoms with van der Waals surface area (Å²) in [6.45, 7) is 7.31. The van der Waals surface area contributed by atoms with Gasteiger partial charge >= 0.3 is 0 Å². The van der Waals surface area contributed by atoms with E-state index in [-0.39, 0.29) is 0 Å². The van der Waals surface area contributed by atoms with Crippen molar-refractivity contribution in [2.75, 3.05) is 11.9 Å². The highest BCUT2D eigenvalue weighted by molar-refractivity contribution is 9.09. The fourth-order valence-electron chi connectivity index (χ4n) is 1.66. The zero-order chi connectivity index (χ0) is 12.8. The SMILES string of the molecule is CCCOc1ccc(Cl)cc1C(C)C(C)CBr. The van der Waals surface area contributed by atoms with E-state index >= 15 is 0 Å². The third kappa shape index (κ3) is 4.18. The number of alkyl halides is 1. The van der Waals surface area contributed by atoms with Gasteiger partial charge in [0.05, 0.1) is 6.61 Å². The molecule has 0 amide bonds. The third-order valence-electron chi connectivity index (χ3n) is 3.02. The molecule has 2 unspecified atom stereocenters. The molecule has 96 valence electrons. The molecular weight excluding hydrogens is 300 g/mol. The van der Waals surface area contributed by atoms with Crippen LogP contribution in [0.1, 0.15) is 38.7 Å². The van der Waals surface area contributed by atoms with Crippen LogP contribution in [0.2, 0.25) is 5.02 Å². The second kappa shape index (κ2) is 7.27. The van der Waals surface area contributed by atoms with Gasteiger partial charge in [0, 0.05) is 10.4 Å². The van der Waals surface area contributed by atoms with Gasteiger partial charge in [0.1, 0.15) is 5.75 Å². The minimum atomic E-state index is 0.430. The van der Waals surface area contributed by atoms with Gasteiger partial charge in [0.2, 0.25) is 0 Å². The Kier molecular flexibility index (Phi) is 6.35. The van der Waals surface area contributed by atoms with Crippen molar-refractivity contribution in [3.63, 3.8) is 0 Å². The van der Waals surface area contributed by atoms with Crippen molar-refractivity contribution in [2.24, 2.45) is 5.92 Å². The first-order chi connectivity index (χ1) is 8.10. The van der Waals surface area contributed by atoms with Crippen LogP contribution in [0.3, 0.4) is 0 Å². The summed E-state index contributed by atoms with van der Waals surface area (Å²) in [6.07, 6.45) is 1.02. The second-order valence-corrected chi connectivity index (χ2v) is 5.53. The molecule has 1 rings (SSSR count). The average molecular weight is 320 g/mol. The molecule has 0 spiro atoms. The fraction of sp³-hybridized carbons (Fsp3) is 0.571. The molecule has 0 heterocycles. The topological polar surface area (TPSA) is 9.23 Å². The van der Waals surface area contributed by atoms with Crippen LogP contribution in [-0.4, -0.2) is 11.9 Å². The lowest BCUT2D eigenvalue weighted by molar-refractivity contribution is 0.310. The summed E-state index contributed by atoms with van der Waals surface area (Å²) in [4.78, 5) is 0. The summed E-state index contributed by atoms with van der Waals surface area (Å²) >= 11 is 9.61. The molecule has 0 fully saturated rings. The number of rotatable bonds is 6. The molecule has 0 N–H and O–H groups in total. The van der Waals surface area contributed by atoms with E-state index in [4.69, 9.17) is 16.3 Å². The highest BCUT2D eigenvalue weighted by Crippen LogP contribution is 2.34. The minimum absolute atomic E-state index is 0.430. The molecular formula is C14H20BrClO. The highest BCUT2D eigenvalue weighted by atomic mass is 79.9. The van der Waals surface area contributed by atoms with Gasteiger partial charge in [0.15, 0.2) is 0 Å². The van der Waals surface area contributed by atoms with E-state index in [0.717, 1.165) is 29.1 Å². The highest BCUT2D eigenvalue weighted by Gasteiger charge is 2.18. The van der Waals surface area contributed by atoms with Gasteiger partial charge in [-0.3, -0.25) is 0 Å². The fourth-order valence-corrected chi connectivity index (χ4v) is 2.40. The minimum Gasteiger partial charge on any atom is -0.493 e. The zero-order valence-corrected chi connectivity index (χ0v) is 13.0. The van der Waals surface area contributed by atoms with Crippen LogP contribution in [-0.2, 0) is 0 Å². The Balaban J connectivity index is 2.97. The van der Waals surface area contributed by atoms with Crippen LogP contribution in [0.5, 0.6) is 5.75 Å². The van der Waals surface area contributed by atoms with Crippen molar-refractivity contribution < 1.29 is 4.74 Å². The van der Waals surface area contributed by atoms with Gasteiger partial charge in [-0.15, -0.1) is 0 Å². The standard InChI is InChI=1S/C14H20BrClO/c1-4-7-17-14-6-5-12(16)8-13(14)11(3)10(2)9-15/h5-6,8,10-11H,4,7,9H2,1-3H3. The number of ether oxygens (including phenoxy) is 1. The maximum absolute atomic E-state index is 6.08. The molecule has 0 aliphatic rings. The summed E-state index contributed by atoms with van der Waals surface area (Å²) in [7, 11) is 0. The largest absolute Gasteiger partial charge is 0.493 e. The van der Waals surface area contributed by atoms with Crippen molar-refractivity contribution in [3.8, 4) is 5.75 Å². The molecule has 0 aromatic heterocycles. The van der Waals surface area contributed by atoms with Crippen LogP contribution in [0.15, 0.2) is 18.2 Å². The van der Waals surface area contributed by atoms with E-state index in [1.54, 1.807) is 0 Å². The first kappa shape index (κ1) is 14.8. The molecule has 17 heavy (non-hydrogen) atoms. The summed E-state index contributed by atoms with van der Waals surface area (Å²) in [6, 6.07) is 5.89. The Morgan fingerprint density at radius 1 is 1.35 bits per heavy atom.